The molecule has 2 unspecified atom stereocenters. The van der Waals surface area contributed by atoms with Crippen molar-refractivity contribution < 1.29 is 19.0 Å². The number of aromatic hydroxyl groups is 1. The first-order valence-electron chi connectivity index (χ1n) is 11.0. The molecular formula is C26H31NO5. The van der Waals surface area contributed by atoms with Gasteiger partial charge in [-0.15, -0.1) is 0 Å². The molecule has 32 heavy (non-hydrogen) atoms. The quantitative estimate of drug-likeness (QED) is 0.568. The number of aryl methyl sites for hydroxylation is 1. The van der Waals surface area contributed by atoms with E-state index in [0.29, 0.717) is 52.2 Å². The summed E-state index contributed by atoms with van der Waals surface area (Å²) in [5, 5.41) is 11.5. The fourth-order valence-corrected chi connectivity index (χ4v) is 5.08. The third kappa shape index (κ3) is 4.07. The van der Waals surface area contributed by atoms with Gasteiger partial charge in [0.25, 0.3) is 0 Å². The van der Waals surface area contributed by atoms with E-state index < -0.39 is 5.63 Å². The fraction of sp³-hybridized carbons (Fsp3) is 0.423. The molecule has 2 aromatic carbocycles. The van der Waals surface area contributed by atoms with E-state index >= 15 is 0 Å². The van der Waals surface area contributed by atoms with Gasteiger partial charge in [0.05, 0.1) is 25.3 Å². The van der Waals surface area contributed by atoms with Gasteiger partial charge in [0.2, 0.25) is 0 Å². The lowest BCUT2D eigenvalue weighted by Crippen LogP contribution is -2.38. The molecule has 2 atom stereocenters. The van der Waals surface area contributed by atoms with Crippen molar-refractivity contribution in [3.63, 3.8) is 0 Å². The van der Waals surface area contributed by atoms with E-state index in [1.165, 1.54) is 6.42 Å². The van der Waals surface area contributed by atoms with Gasteiger partial charge in [-0.2, -0.15) is 0 Å². The Labute approximate surface area is 188 Å². The topological polar surface area (TPSA) is 72.1 Å². The van der Waals surface area contributed by atoms with Crippen molar-refractivity contribution in [2.45, 2.75) is 33.7 Å². The molecule has 2 heterocycles. The van der Waals surface area contributed by atoms with Gasteiger partial charge >= 0.3 is 5.63 Å². The van der Waals surface area contributed by atoms with E-state index in [1.54, 1.807) is 32.4 Å². The number of benzene rings is 2. The summed E-state index contributed by atoms with van der Waals surface area (Å²) in [5.41, 5.74) is 2.68. The van der Waals surface area contributed by atoms with Gasteiger partial charge in [-0.1, -0.05) is 19.9 Å². The molecule has 170 valence electrons. The van der Waals surface area contributed by atoms with Crippen molar-refractivity contribution in [2.24, 2.45) is 11.8 Å². The van der Waals surface area contributed by atoms with Crippen LogP contribution >= 0.6 is 0 Å². The predicted molar refractivity (Wildman–Crippen MR) is 126 cm³/mol. The first-order valence-corrected chi connectivity index (χ1v) is 11.0. The number of methoxy groups -OCH3 is 2. The number of phenolic OH excluding ortho intramolecular Hbond substituents is 1. The van der Waals surface area contributed by atoms with Crippen LogP contribution < -0.4 is 15.1 Å². The second kappa shape index (κ2) is 8.87. The summed E-state index contributed by atoms with van der Waals surface area (Å²) in [6.45, 7) is 8.91. The van der Waals surface area contributed by atoms with Crippen LogP contribution in [0.15, 0.2) is 39.5 Å². The SMILES string of the molecule is COc1ccc(-c2c(C)c3ccc(O)c(CN4CC(C)CC(C)C4)c3oc2=O)cc1OC. The van der Waals surface area contributed by atoms with E-state index in [1.807, 2.05) is 19.1 Å². The van der Waals surface area contributed by atoms with Crippen molar-refractivity contribution in [1.29, 1.82) is 0 Å². The van der Waals surface area contributed by atoms with Crippen LogP contribution in [0.3, 0.4) is 0 Å². The highest BCUT2D eigenvalue weighted by Gasteiger charge is 2.25. The molecule has 0 bridgehead atoms. The van der Waals surface area contributed by atoms with Crippen LogP contribution in [0.2, 0.25) is 0 Å². The molecule has 0 amide bonds. The van der Waals surface area contributed by atoms with E-state index in [-0.39, 0.29) is 5.75 Å². The number of hydrogen-bond acceptors (Lipinski definition) is 6. The van der Waals surface area contributed by atoms with Gasteiger partial charge in [0.15, 0.2) is 11.5 Å². The number of nitrogens with zero attached hydrogens (tertiary/aromatic N) is 1. The van der Waals surface area contributed by atoms with Crippen LogP contribution in [0.4, 0.5) is 0 Å². The molecule has 1 saturated heterocycles. The lowest BCUT2D eigenvalue weighted by molar-refractivity contribution is 0.133. The van der Waals surface area contributed by atoms with Crippen molar-refractivity contribution >= 4 is 11.0 Å². The van der Waals surface area contributed by atoms with Gasteiger partial charge in [0, 0.05) is 25.0 Å². The molecule has 1 aliphatic heterocycles. The summed E-state index contributed by atoms with van der Waals surface area (Å²) >= 11 is 0. The van der Waals surface area contributed by atoms with Gasteiger partial charge in [0.1, 0.15) is 11.3 Å². The van der Waals surface area contributed by atoms with Crippen LogP contribution in [0.5, 0.6) is 17.2 Å². The summed E-state index contributed by atoms with van der Waals surface area (Å²) in [6.07, 6.45) is 1.21. The highest BCUT2D eigenvalue weighted by atomic mass is 16.5. The maximum atomic E-state index is 13.1. The standard InChI is InChI=1S/C26H31NO5/c1-15-10-16(2)13-27(12-15)14-20-21(28)8-7-19-17(3)24(26(29)32-25(19)20)18-6-9-22(30-4)23(11-18)31-5/h6-9,11,15-16,28H,10,12-14H2,1-5H3. The molecule has 1 aliphatic rings. The fourth-order valence-electron chi connectivity index (χ4n) is 5.08. The minimum atomic E-state index is -0.436. The molecular weight excluding hydrogens is 406 g/mol. The van der Waals surface area contributed by atoms with Crippen LogP contribution in [0.25, 0.3) is 22.1 Å². The zero-order valence-electron chi connectivity index (χ0n) is 19.4. The van der Waals surface area contributed by atoms with E-state index in [2.05, 4.69) is 18.7 Å². The average Bonchev–Trinajstić information content (AvgIpc) is 2.75. The molecule has 1 N–H and O–H groups in total. The molecule has 3 aromatic rings. The largest absolute Gasteiger partial charge is 0.507 e. The van der Waals surface area contributed by atoms with Crippen molar-refractivity contribution in [3.05, 3.63) is 51.9 Å². The second-order valence-electron chi connectivity index (χ2n) is 9.04. The summed E-state index contributed by atoms with van der Waals surface area (Å²) in [4.78, 5) is 15.5. The Morgan fingerprint density at radius 3 is 2.41 bits per heavy atom. The number of rotatable bonds is 5. The summed E-state index contributed by atoms with van der Waals surface area (Å²) in [5.74, 6) is 2.49. The lowest BCUT2D eigenvalue weighted by atomic mass is 9.91. The van der Waals surface area contributed by atoms with Gasteiger partial charge in [-0.3, -0.25) is 4.90 Å². The Morgan fingerprint density at radius 1 is 1.06 bits per heavy atom. The second-order valence-corrected chi connectivity index (χ2v) is 9.04. The summed E-state index contributed by atoms with van der Waals surface area (Å²) < 4.78 is 16.6. The third-order valence-corrected chi connectivity index (χ3v) is 6.41. The Bertz CT molecular complexity index is 1190. The monoisotopic (exact) mass is 437 g/mol. The van der Waals surface area contributed by atoms with E-state index in [0.717, 1.165) is 24.0 Å². The Morgan fingerprint density at radius 2 is 1.75 bits per heavy atom. The van der Waals surface area contributed by atoms with E-state index in [4.69, 9.17) is 13.9 Å². The number of phenols is 1. The summed E-state index contributed by atoms with van der Waals surface area (Å²) in [7, 11) is 3.14. The number of likely N-dealkylation sites (tertiary alicyclic amines) is 1. The first kappa shape index (κ1) is 22.2. The zero-order valence-corrected chi connectivity index (χ0v) is 19.4. The molecule has 0 radical (unpaired) electrons. The normalized spacial score (nSPS) is 19.3. The maximum absolute atomic E-state index is 13.1. The highest BCUT2D eigenvalue weighted by molar-refractivity contribution is 5.90. The first-order chi connectivity index (χ1) is 15.3. The van der Waals surface area contributed by atoms with Crippen LogP contribution in [0, 0.1) is 18.8 Å². The summed E-state index contributed by atoms with van der Waals surface area (Å²) in [6, 6.07) is 8.89. The molecule has 6 nitrogen and oxygen atoms in total. The Kier molecular flexibility index (Phi) is 6.15. The predicted octanol–water partition coefficient (Wildman–Crippen LogP) is 4.97. The van der Waals surface area contributed by atoms with Crippen molar-refractivity contribution in [2.75, 3.05) is 27.3 Å². The molecule has 0 spiro atoms. The maximum Gasteiger partial charge on any atom is 0.344 e. The Hall–Kier alpha value is -2.99. The number of ether oxygens (including phenoxy) is 2. The molecule has 1 aromatic heterocycles. The molecule has 4 rings (SSSR count). The van der Waals surface area contributed by atoms with Crippen molar-refractivity contribution in [1.82, 2.24) is 4.90 Å². The van der Waals surface area contributed by atoms with Gasteiger partial charge in [-0.05, 0) is 60.6 Å². The molecule has 6 heteroatoms. The minimum absolute atomic E-state index is 0.157. The molecule has 0 aliphatic carbocycles. The average molecular weight is 438 g/mol. The van der Waals surface area contributed by atoms with Gasteiger partial charge < -0.3 is 19.0 Å². The molecule has 0 saturated carbocycles. The number of hydrogen-bond donors (Lipinski definition) is 1. The van der Waals surface area contributed by atoms with Crippen LogP contribution in [-0.4, -0.2) is 37.3 Å². The minimum Gasteiger partial charge on any atom is -0.507 e. The number of fused-ring (bicyclic) bond motifs is 1. The zero-order chi connectivity index (χ0) is 23.0. The van der Waals surface area contributed by atoms with Crippen molar-refractivity contribution in [3.8, 4) is 28.4 Å². The number of piperidine rings is 1. The Balaban J connectivity index is 1.82. The van der Waals surface area contributed by atoms with Gasteiger partial charge in [-0.25, -0.2) is 4.79 Å². The lowest BCUT2D eigenvalue weighted by Gasteiger charge is -2.35. The third-order valence-electron chi connectivity index (χ3n) is 6.41. The highest BCUT2D eigenvalue weighted by Crippen LogP contribution is 2.36. The van der Waals surface area contributed by atoms with Crippen LogP contribution in [0.1, 0.15) is 31.4 Å². The molecule has 1 fully saturated rings. The smallest absolute Gasteiger partial charge is 0.344 e. The van der Waals surface area contributed by atoms with E-state index in [9.17, 15) is 9.90 Å². The van der Waals surface area contributed by atoms with Crippen LogP contribution in [-0.2, 0) is 6.54 Å².